The third-order valence-electron chi connectivity index (χ3n) is 3.26. The van der Waals surface area contributed by atoms with Crippen molar-refractivity contribution >= 4 is 17.3 Å². The normalized spacial score (nSPS) is 10.8. The number of benzene rings is 1. The zero-order valence-corrected chi connectivity index (χ0v) is 12.4. The van der Waals surface area contributed by atoms with Gasteiger partial charge in [-0.25, -0.2) is 0 Å². The molecule has 0 aliphatic carbocycles. The van der Waals surface area contributed by atoms with Crippen molar-refractivity contribution in [2.45, 2.75) is 19.3 Å². The van der Waals surface area contributed by atoms with Gasteiger partial charge in [-0.05, 0) is 57.1 Å². The van der Waals surface area contributed by atoms with Gasteiger partial charge in [-0.1, -0.05) is 0 Å². The number of amides is 1. The first-order valence-electron chi connectivity index (χ1n) is 6.96. The van der Waals surface area contributed by atoms with Crippen LogP contribution in [0.5, 0.6) is 0 Å². The van der Waals surface area contributed by atoms with Crippen LogP contribution in [0.25, 0.3) is 0 Å². The van der Waals surface area contributed by atoms with Crippen LogP contribution in [0.4, 0.5) is 11.4 Å². The van der Waals surface area contributed by atoms with Crippen molar-refractivity contribution in [3.8, 4) is 0 Å². The Morgan fingerprint density at radius 1 is 1.15 bits per heavy atom. The van der Waals surface area contributed by atoms with Gasteiger partial charge in [-0.3, -0.25) is 9.69 Å². The highest BCUT2D eigenvalue weighted by molar-refractivity contribution is 5.94. The number of nitrogen functional groups attached to an aromatic ring is 1. The molecule has 1 aromatic carbocycles. The second-order valence-electron chi connectivity index (χ2n) is 5.07. The number of likely N-dealkylation sites (N-methyl/N-ethyl adjacent to an activating group) is 2. The summed E-state index contributed by atoms with van der Waals surface area (Å²) in [7, 11) is 3.71. The molecule has 5 nitrogen and oxygen atoms in total. The van der Waals surface area contributed by atoms with Gasteiger partial charge in [0.05, 0.1) is 6.54 Å². The fraction of sp³-hybridized carbons (Fsp3) is 0.533. The van der Waals surface area contributed by atoms with E-state index in [0.717, 1.165) is 31.5 Å². The Bertz CT molecular complexity index is 406. The van der Waals surface area contributed by atoms with Gasteiger partial charge >= 0.3 is 0 Å². The molecule has 3 N–H and O–H groups in total. The lowest BCUT2D eigenvalue weighted by atomic mass is 10.2. The number of carbonyl (C=O) groups is 1. The molecule has 5 heteroatoms. The van der Waals surface area contributed by atoms with E-state index in [1.807, 2.05) is 24.1 Å². The molecule has 0 aliphatic heterocycles. The van der Waals surface area contributed by atoms with Crippen LogP contribution in [-0.4, -0.2) is 49.7 Å². The van der Waals surface area contributed by atoms with Gasteiger partial charge in [0.15, 0.2) is 0 Å². The first-order chi connectivity index (χ1) is 9.54. The molecule has 0 saturated carbocycles. The van der Waals surface area contributed by atoms with Crippen molar-refractivity contribution in [3.05, 3.63) is 24.3 Å². The zero-order chi connectivity index (χ0) is 15.0. The second kappa shape index (κ2) is 8.55. The number of nitrogens with zero attached hydrogens (tertiary/aromatic N) is 2. The Labute approximate surface area is 121 Å². The first-order valence-corrected chi connectivity index (χ1v) is 6.96. The van der Waals surface area contributed by atoms with E-state index < -0.39 is 0 Å². The number of aliphatic hydroxyl groups is 1. The summed E-state index contributed by atoms with van der Waals surface area (Å²) in [5.74, 6) is 0.0550. The number of rotatable bonds is 8. The summed E-state index contributed by atoms with van der Waals surface area (Å²) >= 11 is 0. The van der Waals surface area contributed by atoms with Gasteiger partial charge in [0.1, 0.15) is 0 Å². The molecule has 1 rings (SSSR count). The molecule has 0 aliphatic rings. The summed E-state index contributed by atoms with van der Waals surface area (Å²) < 4.78 is 0. The third kappa shape index (κ3) is 5.59. The average Bonchev–Trinajstić information content (AvgIpc) is 2.43. The number of hydrogen-bond donors (Lipinski definition) is 2. The molecule has 0 aromatic heterocycles. The predicted octanol–water partition coefficient (Wildman–Crippen LogP) is 1.33. The summed E-state index contributed by atoms with van der Waals surface area (Å²) in [5.41, 5.74) is 7.17. The Hall–Kier alpha value is -1.59. The van der Waals surface area contributed by atoms with E-state index in [4.69, 9.17) is 10.8 Å². The highest BCUT2D eigenvalue weighted by Gasteiger charge is 2.13. The van der Waals surface area contributed by atoms with Crippen LogP contribution < -0.4 is 10.6 Å². The lowest BCUT2D eigenvalue weighted by Gasteiger charge is -2.22. The average molecular weight is 279 g/mol. The predicted molar refractivity (Wildman–Crippen MR) is 82.7 cm³/mol. The van der Waals surface area contributed by atoms with Crippen molar-refractivity contribution in [3.63, 3.8) is 0 Å². The summed E-state index contributed by atoms with van der Waals surface area (Å²) in [6, 6.07) is 7.26. The fourth-order valence-electron chi connectivity index (χ4n) is 1.93. The van der Waals surface area contributed by atoms with Crippen molar-refractivity contribution in [1.82, 2.24) is 4.90 Å². The van der Waals surface area contributed by atoms with E-state index >= 15 is 0 Å². The van der Waals surface area contributed by atoms with Crippen LogP contribution in [-0.2, 0) is 4.79 Å². The molecule has 1 amide bonds. The molecule has 0 saturated heterocycles. The standard InChI is InChI=1S/C15H25N3O2/c1-17(10-4-3-5-11-19)12-15(20)18(2)14-8-6-13(16)7-9-14/h6-9,19H,3-5,10-12,16H2,1-2H3. The maximum atomic E-state index is 12.1. The van der Waals surface area contributed by atoms with E-state index in [1.54, 1.807) is 24.1 Å². The molecular formula is C15H25N3O2. The van der Waals surface area contributed by atoms with Gasteiger partial charge in [0, 0.05) is 25.0 Å². The van der Waals surface area contributed by atoms with E-state index in [-0.39, 0.29) is 12.5 Å². The molecule has 20 heavy (non-hydrogen) atoms. The van der Waals surface area contributed by atoms with E-state index in [1.165, 1.54) is 0 Å². The quantitative estimate of drug-likeness (QED) is 0.556. The monoisotopic (exact) mass is 279 g/mol. The number of unbranched alkanes of at least 4 members (excludes halogenated alkanes) is 2. The first kappa shape index (κ1) is 16.5. The molecule has 0 fully saturated rings. The Kier molecular flexibility index (Phi) is 7.04. The third-order valence-corrected chi connectivity index (χ3v) is 3.26. The minimum absolute atomic E-state index is 0.0550. The molecule has 0 unspecified atom stereocenters. The van der Waals surface area contributed by atoms with E-state index in [9.17, 15) is 4.79 Å². The number of anilines is 2. The highest BCUT2D eigenvalue weighted by Crippen LogP contribution is 2.15. The maximum absolute atomic E-state index is 12.1. The molecule has 0 spiro atoms. The van der Waals surface area contributed by atoms with Crippen molar-refractivity contribution in [2.75, 3.05) is 44.4 Å². The highest BCUT2D eigenvalue weighted by atomic mass is 16.2. The van der Waals surface area contributed by atoms with Crippen molar-refractivity contribution in [1.29, 1.82) is 0 Å². The number of hydrogen-bond acceptors (Lipinski definition) is 4. The summed E-state index contributed by atoms with van der Waals surface area (Å²) in [6.45, 7) is 1.49. The smallest absolute Gasteiger partial charge is 0.240 e. The lowest BCUT2D eigenvalue weighted by molar-refractivity contribution is -0.119. The van der Waals surface area contributed by atoms with E-state index in [0.29, 0.717) is 12.2 Å². The molecule has 0 atom stereocenters. The molecular weight excluding hydrogens is 254 g/mol. The molecule has 1 aromatic rings. The van der Waals surface area contributed by atoms with Gasteiger partial charge in [-0.15, -0.1) is 0 Å². The summed E-state index contributed by atoms with van der Waals surface area (Å²) in [5, 5.41) is 8.71. The zero-order valence-electron chi connectivity index (χ0n) is 12.4. The summed E-state index contributed by atoms with van der Waals surface area (Å²) in [4.78, 5) is 15.8. The van der Waals surface area contributed by atoms with Crippen LogP contribution in [0.2, 0.25) is 0 Å². The van der Waals surface area contributed by atoms with Crippen LogP contribution >= 0.6 is 0 Å². The number of aliphatic hydroxyl groups excluding tert-OH is 1. The minimum atomic E-state index is 0.0550. The van der Waals surface area contributed by atoms with Crippen molar-refractivity contribution in [2.24, 2.45) is 0 Å². The van der Waals surface area contributed by atoms with Crippen LogP contribution in [0.1, 0.15) is 19.3 Å². The fourth-order valence-corrected chi connectivity index (χ4v) is 1.93. The summed E-state index contributed by atoms with van der Waals surface area (Å²) in [6.07, 6.45) is 2.81. The van der Waals surface area contributed by atoms with Crippen molar-refractivity contribution < 1.29 is 9.90 Å². The van der Waals surface area contributed by atoms with Crippen LogP contribution in [0, 0.1) is 0 Å². The van der Waals surface area contributed by atoms with Gasteiger partial charge in [0.25, 0.3) is 0 Å². The van der Waals surface area contributed by atoms with Gasteiger partial charge < -0.3 is 15.7 Å². The second-order valence-corrected chi connectivity index (χ2v) is 5.07. The molecule has 112 valence electrons. The lowest BCUT2D eigenvalue weighted by Crippen LogP contribution is -2.37. The van der Waals surface area contributed by atoms with Crippen LogP contribution in [0.15, 0.2) is 24.3 Å². The van der Waals surface area contributed by atoms with Crippen LogP contribution in [0.3, 0.4) is 0 Å². The van der Waals surface area contributed by atoms with E-state index in [2.05, 4.69) is 0 Å². The maximum Gasteiger partial charge on any atom is 0.240 e. The van der Waals surface area contributed by atoms with Gasteiger partial charge in [-0.2, -0.15) is 0 Å². The Morgan fingerprint density at radius 2 is 1.80 bits per heavy atom. The SMILES string of the molecule is CN(CCCCCO)CC(=O)N(C)c1ccc(N)cc1. The minimum Gasteiger partial charge on any atom is -0.399 e. The molecule has 0 bridgehead atoms. The Balaban J connectivity index is 2.39. The largest absolute Gasteiger partial charge is 0.399 e. The number of nitrogens with two attached hydrogens (primary N) is 1. The molecule has 0 radical (unpaired) electrons. The van der Waals surface area contributed by atoms with Gasteiger partial charge in [0.2, 0.25) is 5.91 Å². The topological polar surface area (TPSA) is 69.8 Å². The molecule has 0 heterocycles. The number of carbonyl (C=O) groups excluding carboxylic acids is 1. The Morgan fingerprint density at radius 3 is 2.40 bits per heavy atom.